The zero-order valence-electron chi connectivity index (χ0n) is 16.7. The number of hydrogen-bond donors (Lipinski definition) is 0. The smallest absolute Gasteiger partial charge is 0.334 e. The molecule has 1 aromatic carbocycles. The molecular weight excluding hydrogens is 404 g/mol. The minimum Gasteiger partial charge on any atom is -0.466 e. The van der Waals surface area contributed by atoms with Crippen LogP contribution in [-0.2, 0) is 28.9 Å². The lowest BCUT2D eigenvalue weighted by Gasteiger charge is -2.13. The molecule has 0 unspecified atom stereocenters. The number of thiophene rings is 1. The fourth-order valence-corrected chi connectivity index (χ4v) is 4.07. The number of carbonyl (C=O) groups excluding carboxylic acids is 1. The van der Waals surface area contributed by atoms with Gasteiger partial charge in [-0.1, -0.05) is 49.2 Å². The van der Waals surface area contributed by atoms with Crippen molar-refractivity contribution in [2.24, 2.45) is 0 Å². The second kappa shape index (κ2) is 10.4. The van der Waals surface area contributed by atoms with Gasteiger partial charge in [-0.25, -0.2) is 9.78 Å². The van der Waals surface area contributed by atoms with E-state index in [-0.39, 0.29) is 5.97 Å². The molecule has 0 aliphatic heterocycles. The molecule has 0 bridgehead atoms. The molecule has 0 radical (unpaired) electrons. The van der Waals surface area contributed by atoms with Crippen molar-refractivity contribution in [3.63, 3.8) is 0 Å². The number of carbonyl (C=O) groups is 1. The standard InChI is InChI=1S/C23H25ClN2O2S/c1-3-4-11-22-25-15-19(26(22)16-17-8-5-6-10-21(17)24)13-18(23(27)28-2)14-20-9-7-12-29-20/h5-10,12-13,15H,3-4,11,14,16H2,1-2H3/b18-13+. The van der Waals surface area contributed by atoms with E-state index in [1.807, 2.05) is 54.1 Å². The van der Waals surface area contributed by atoms with E-state index in [0.717, 1.165) is 46.2 Å². The van der Waals surface area contributed by atoms with Crippen LogP contribution in [0.5, 0.6) is 0 Å². The average Bonchev–Trinajstić information content (AvgIpc) is 3.37. The van der Waals surface area contributed by atoms with E-state index in [9.17, 15) is 4.79 Å². The van der Waals surface area contributed by atoms with Crippen LogP contribution in [0.4, 0.5) is 0 Å². The molecule has 6 heteroatoms. The molecule has 0 amide bonds. The molecule has 0 aliphatic rings. The second-order valence-corrected chi connectivity index (χ2v) is 8.24. The van der Waals surface area contributed by atoms with Crippen LogP contribution < -0.4 is 0 Å². The molecule has 0 aliphatic carbocycles. The summed E-state index contributed by atoms with van der Waals surface area (Å²) in [6, 6.07) is 11.8. The first-order valence-electron chi connectivity index (χ1n) is 9.71. The van der Waals surface area contributed by atoms with Crippen molar-refractivity contribution < 1.29 is 9.53 Å². The van der Waals surface area contributed by atoms with Gasteiger partial charge in [-0.05, 0) is 35.6 Å². The Labute approximate surface area is 180 Å². The predicted octanol–water partition coefficient (Wildman–Crippen LogP) is 5.79. The number of aromatic nitrogens is 2. The minimum atomic E-state index is -0.320. The van der Waals surface area contributed by atoms with Crippen molar-refractivity contribution in [2.75, 3.05) is 7.11 Å². The molecule has 3 rings (SSSR count). The number of methoxy groups -OCH3 is 1. The quantitative estimate of drug-likeness (QED) is 0.320. The molecule has 0 saturated carbocycles. The molecule has 0 N–H and O–H groups in total. The Kier molecular flexibility index (Phi) is 7.67. The molecule has 0 saturated heterocycles. The Hall–Kier alpha value is -2.37. The fraction of sp³-hybridized carbons (Fsp3) is 0.304. The average molecular weight is 429 g/mol. The first kappa shape index (κ1) is 21.3. The number of ether oxygens (including phenoxy) is 1. The van der Waals surface area contributed by atoms with Crippen LogP contribution in [0.1, 0.15) is 41.7 Å². The number of hydrogen-bond acceptors (Lipinski definition) is 4. The first-order valence-corrected chi connectivity index (χ1v) is 11.0. The lowest BCUT2D eigenvalue weighted by molar-refractivity contribution is -0.136. The van der Waals surface area contributed by atoms with Crippen molar-refractivity contribution in [3.8, 4) is 0 Å². The topological polar surface area (TPSA) is 44.1 Å². The number of halogens is 1. The summed E-state index contributed by atoms with van der Waals surface area (Å²) >= 11 is 8.03. The van der Waals surface area contributed by atoms with Crippen molar-refractivity contribution in [2.45, 2.75) is 39.2 Å². The maximum atomic E-state index is 12.4. The van der Waals surface area contributed by atoms with Crippen molar-refractivity contribution in [3.05, 3.63) is 80.5 Å². The van der Waals surface area contributed by atoms with Crippen LogP contribution >= 0.6 is 22.9 Å². The number of unbranched alkanes of at least 4 members (excludes halogenated alkanes) is 1. The third kappa shape index (κ3) is 5.58. The SMILES string of the molecule is CCCCc1ncc(/C=C(\Cc2cccs2)C(=O)OC)n1Cc1ccccc1Cl. The van der Waals surface area contributed by atoms with Gasteiger partial charge in [0.15, 0.2) is 0 Å². The summed E-state index contributed by atoms with van der Waals surface area (Å²) in [6.45, 7) is 2.77. The highest BCUT2D eigenvalue weighted by Gasteiger charge is 2.16. The maximum absolute atomic E-state index is 12.4. The Morgan fingerprint density at radius 2 is 2.10 bits per heavy atom. The summed E-state index contributed by atoms with van der Waals surface area (Å²) in [7, 11) is 1.41. The zero-order chi connectivity index (χ0) is 20.6. The highest BCUT2D eigenvalue weighted by molar-refractivity contribution is 7.09. The van der Waals surface area contributed by atoms with Crippen LogP contribution in [0.3, 0.4) is 0 Å². The molecule has 3 aromatic rings. The van der Waals surface area contributed by atoms with Crippen molar-refractivity contribution >= 4 is 35.0 Å². The summed E-state index contributed by atoms with van der Waals surface area (Å²) in [6.07, 6.45) is 7.29. The predicted molar refractivity (Wildman–Crippen MR) is 119 cm³/mol. The second-order valence-electron chi connectivity index (χ2n) is 6.80. The van der Waals surface area contributed by atoms with E-state index in [0.29, 0.717) is 18.5 Å². The molecule has 4 nitrogen and oxygen atoms in total. The van der Waals surface area contributed by atoms with Gasteiger partial charge in [0.1, 0.15) is 5.82 Å². The molecule has 0 spiro atoms. The van der Waals surface area contributed by atoms with E-state index in [2.05, 4.69) is 16.5 Å². The largest absolute Gasteiger partial charge is 0.466 e. The Morgan fingerprint density at radius 1 is 1.28 bits per heavy atom. The Balaban J connectivity index is 1.99. The normalized spacial score (nSPS) is 11.6. The molecule has 0 atom stereocenters. The van der Waals surface area contributed by atoms with Gasteiger partial charge in [0, 0.05) is 28.3 Å². The van der Waals surface area contributed by atoms with E-state index in [1.165, 1.54) is 7.11 Å². The molecule has 2 aromatic heterocycles. The van der Waals surface area contributed by atoms with Crippen molar-refractivity contribution in [1.82, 2.24) is 9.55 Å². The monoisotopic (exact) mass is 428 g/mol. The first-order chi connectivity index (χ1) is 14.1. The van der Waals surface area contributed by atoms with Gasteiger partial charge in [-0.2, -0.15) is 0 Å². The van der Waals surface area contributed by atoms with Gasteiger partial charge < -0.3 is 9.30 Å². The van der Waals surface area contributed by atoms with Crippen LogP contribution in [0, 0.1) is 0 Å². The van der Waals surface area contributed by atoms with E-state index < -0.39 is 0 Å². The lowest BCUT2D eigenvalue weighted by Crippen LogP contribution is -2.10. The lowest BCUT2D eigenvalue weighted by atomic mass is 10.1. The number of nitrogens with zero attached hydrogens (tertiary/aromatic N) is 2. The zero-order valence-corrected chi connectivity index (χ0v) is 18.3. The maximum Gasteiger partial charge on any atom is 0.334 e. The number of benzene rings is 1. The summed E-state index contributed by atoms with van der Waals surface area (Å²) in [5, 5.41) is 2.73. The summed E-state index contributed by atoms with van der Waals surface area (Å²) < 4.78 is 7.18. The number of imidazole rings is 1. The van der Waals surface area contributed by atoms with E-state index >= 15 is 0 Å². The highest BCUT2D eigenvalue weighted by Crippen LogP contribution is 2.22. The molecule has 152 valence electrons. The van der Waals surface area contributed by atoms with Gasteiger partial charge >= 0.3 is 5.97 Å². The summed E-state index contributed by atoms with van der Waals surface area (Å²) in [4.78, 5) is 18.2. The van der Waals surface area contributed by atoms with Crippen LogP contribution in [0.25, 0.3) is 6.08 Å². The van der Waals surface area contributed by atoms with Gasteiger partial charge in [-0.3, -0.25) is 0 Å². The Bertz CT molecular complexity index is 977. The summed E-state index contributed by atoms with van der Waals surface area (Å²) in [5.41, 5.74) is 2.52. The summed E-state index contributed by atoms with van der Waals surface area (Å²) in [5.74, 6) is 0.678. The minimum absolute atomic E-state index is 0.320. The van der Waals surface area contributed by atoms with Crippen molar-refractivity contribution in [1.29, 1.82) is 0 Å². The van der Waals surface area contributed by atoms with E-state index in [4.69, 9.17) is 16.3 Å². The van der Waals surface area contributed by atoms with Gasteiger partial charge in [-0.15, -0.1) is 11.3 Å². The molecule has 29 heavy (non-hydrogen) atoms. The number of aryl methyl sites for hydroxylation is 1. The van der Waals surface area contributed by atoms with E-state index in [1.54, 1.807) is 11.3 Å². The Morgan fingerprint density at radius 3 is 2.79 bits per heavy atom. The molecule has 0 fully saturated rings. The third-order valence-electron chi connectivity index (χ3n) is 4.72. The third-order valence-corrected chi connectivity index (χ3v) is 5.97. The van der Waals surface area contributed by atoms with Crippen LogP contribution in [0.2, 0.25) is 5.02 Å². The highest BCUT2D eigenvalue weighted by atomic mass is 35.5. The fourth-order valence-electron chi connectivity index (χ4n) is 3.15. The number of rotatable bonds is 9. The van der Waals surface area contributed by atoms with Gasteiger partial charge in [0.2, 0.25) is 0 Å². The van der Waals surface area contributed by atoms with Crippen LogP contribution in [0.15, 0.2) is 53.5 Å². The molecular formula is C23H25ClN2O2S. The van der Waals surface area contributed by atoms with Gasteiger partial charge in [0.25, 0.3) is 0 Å². The number of esters is 1. The van der Waals surface area contributed by atoms with Crippen LogP contribution in [-0.4, -0.2) is 22.6 Å². The molecule has 2 heterocycles. The van der Waals surface area contributed by atoms with Gasteiger partial charge in [0.05, 0.1) is 25.5 Å².